The van der Waals surface area contributed by atoms with Crippen molar-refractivity contribution in [1.82, 2.24) is 41.9 Å². The molecule has 0 aliphatic rings. The van der Waals surface area contributed by atoms with E-state index >= 15 is 0 Å². The number of primary amides is 1. The van der Waals surface area contributed by atoms with Gasteiger partial charge in [-0.15, -0.1) is 0 Å². The Kier molecular flexibility index (Phi) is 14.7. The van der Waals surface area contributed by atoms with Crippen LogP contribution in [0.5, 0.6) is 0 Å². The molecule has 0 radical (unpaired) electrons. The zero-order chi connectivity index (χ0) is 32.9. The molecule has 0 bridgehead atoms. The first-order valence-corrected chi connectivity index (χ1v) is 13.4. The summed E-state index contributed by atoms with van der Waals surface area (Å²) in [5, 5.41) is 33.2. The van der Waals surface area contributed by atoms with Gasteiger partial charge in [-0.3, -0.25) is 33.6 Å². The summed E-state index contributed by atoms with van der Waals surface area (Å²) in [6.45, 7) is 5.49. The molecule has 0 aliphatic carbocycles. The van der Waals surface area contributed by atoms with Crippen LogP contribution in [-0.2, 0) is 40.0 Å². The van der Waals surface area contributed by atoms with Gasteiger partial charge in [0.15, 0.2) is 0 Å². The van der Waals surface area contributed by atoms with Crippen LogP contribution in [0.3, 0.4) is 0 Å². The van der Waals surface area contributed by atoms with Crippen molar-refractivity contribution in [2.45, 2.75) is 77.3 Å². The third-order valence-electron chi connectivity index (χ3n) is 6.09. The van der Waals surface area contributed by atoms with Crippen molar-refractivity contribution in [3.05, 3.63) is 18.2 Å². The Hall–Kier alpha value is -4.58. The topological polar surface area (TPSA) is 287 Å². The minimum atomic E-state index is -1.45. The highest BCUT2D eigenvalue weighted by molar-refractivity contribution is 5.96. The van der Waals surface area contributed by atoms with Gasteiger partial charge in [0.1, 0.15) is 36.3 Å². The molecule has 240 valence electrons. The second kappa shape index (κ2) is 17.4. The molecule has 0 aromatic carbocycles. The monoisotopic (exact) mass is 611 g/mol. The summed E-state index contributed by atoms with van der Waals surface area (Å²) in [5.74, 6) is -6.03. The molecule has 1 aromatic rings. The van der Waals surface area contributed by atoms with E-state index in [0.717, 1.165) is 6.92 Å². The SMILES string of the molecule is CC(=O)N[C@@H](CO)C(=O)N[C@@H](Cc1cnc[nH]1)C(=O)N[C@@H](C)C(=O)N[C@H](C(=O)N[C@@H](CO)C(=O)N[C@@H](C)C(N)=O)C(C)C. The van der Waals surface area contributed by atoms with Crippen LogP contribution in [0.4, 0.5) is 0 Å². The Balaban J connectivity index is 2.96. The normalized spacial score (nSPS) is 15.1. The molecule has 7 amide bonds. The highest BCUT2D eigenvalue weighted by Gasteiger charge is 2.32. The summed E-state index contributed by atoms with van der Waals surface area (Å²) in [5.41, 5.74) is 5.57. The van der Waals surface area contributed by atoms with Crippen molar-refractivity contribution in [2.24, 2.45) is 11.7 Å². The fourth-order valence-corrected chi connectivity index (χ4v) is 3.57. The first kappa shape index (κ1) is 36.4. The number of rotatable bonds is 17. The number of nitrogens with one attached hydrogen (secondary N) is 7. The number of aliphatic hydroxyl groups is 2. The summed E-state index contributed by atoms with van der Waals surface area (Å²) in [6, 6.07) is -7.53. The van der Waals surface area contributed by atoms with Gasteiger partial charge >= 0.3 is 0 Å². The Morgan fingerprint density at radius 3 is 1.74 bits per heavy atom. The lowest BCUT2D eigenvalue weighted by atomic mass is 10.0. The molecule has 43 heavy (non-hydrogen) atoms. The van der Waals surface area contributed by atoms with E-state index in [1.54, 1.807) is 13.8 Å². The molecule has 1 aromatic heterocycles. The number of hydrogen-bond acceptors (Lipinski definition) is 10. The molecular formula is C25H41N9O9. The number of carbonyl (C=O) groups is 7. The van der Waals surface area contributed by atoms with Crippen molar-refractivity contribution < 1.29 is 43.8 Å². The molecule has 1 heterocycles. The van der Waals surface area contributed by atoms with Crippen molar-refractivity contribution in [3.8, 4) is 0 Å². The molecule has 0 saturated carbocycles. The van der Waals surface area contributed by atoms with Gasteiger partial charge in [0.05, 0.1) is 19.5 Å². The van der Waals surface area contributed by atoms with Crippen molar-refractivity contribution in [2.75, 3.05) is 13.2 Å². The Labute approximate surface area is 247 Å². The van der Waals surface area contributed by atoms with E-state index in [1.165, 1.54) is 26.4 Å². The number of aromatic nitrogens is 2. The smallest absolute Gasteiger partial charge is 0.245 e. The van der Waals surface area contributed by atoms with Gasteiger partial charge in [-0.1, -0.05) is 13.8 Å². The molecular weight excluding hydrogens is 570 g/mol. The number of aromatic amines is 1. The van der Waals surface area contributed by atoms with E-state index in [1.807, 2.05) is 0 Å². The lowest BCUT2D eigenvalue weighted by Crippen LogP contribution is -2.60. The molecule has 0 saturated heterocycles. The largest absolute Gasteiger partial charge is 0.394 e. The average molecular weight is 612 g/mol. The van der Waals surface area contributed by atoms with Crippen LogP contribution in [0.25, 0.3) is 0 Å². The second-order valence-corrected chi connectivity index (χ2v) is 10.1. The number of H-pyrrole nitrogens is 1. The van der Waals surface area contributed by atoms with Crippen LogP contribution in [0.15, 0.2) is 12.5 Å². The Morgan fingerprint density at radius 1 is 0.744 bits per heavy atom. The number of nitrogens with zero attached hydrogens (tertiary/aromatic N) is 1. The summed E-state index contributed by atoms with van der Waals surface area (Å²) in [6.07, 6.45) is 2.69. The zero-order valence-corrected chi connectivity index (χ0v) is 24.6. The van der Waals surface area contributed by atoms with Crippen LogP contribution in [0, 0.1) is 5.92 Å². The van der Waals surface area contributed by atoms with E-state index in [4.69, 9.17) is 5.73 Å². The minimum absolute atomic E-state index is 0.0832. The van der Waals surface area contributed by atoms with E-state index in [2.05, 4.69) is 41.9 Å². The Morgan fingerprint density at radius 2 is 1.26 bits per heavy atom. The summed E-state index contributed by atoms with van der Waals surface area (Å²) >= 11 is 0. The number of hydrogen-bond donors (Lipinski definition) is 10. The average Bonchev–Trinajstić information content (AvgIpc) is 3.45. The predicted octanol–water partition coefficient (Wildman–Crippen LogP) is -4.95. The molecule has 1 rings (SSSR count). The number of nitrogens with two attached hydrogens (primary N) is 1. The van der Waals surface area contributed by atoms with Crippen LogP contribution in [0.1, 0.15) is 40.3 Å². The maximum atomic E-state index is 13.1. The van der Waals surface area contributed by atoms with E-state index in [-0.39, 0.29) is 6.42 Å². The van der Waals surface area contributed by atoms with Gasteiger partial charge in [-0.25, -0.2) is 4.98 Å². The zero-order valence-electron chi connectivity index (χ0n) is 24.6. The van der Waals surface area contributed by atoms with Gasteiger partial charge in [0.25, 0.3) is 0 Å². The van der Waals surface area contributed by atoms with Crippen molar-refractivity contribution >= 4 is 41.4 Å². The molecule has 6 atom stereocenters. The highest BCUT2D eigenvalue weighted by Crippen LogP contribution is 2.05. The second-order valence-electron chi connectivity index (χ2n) is 10.1. The third kappa shape index (κ3) is 12.0. The Bertz CT molecular complexity index is 1140. The molecule has 0 aliphatic heterocycles. The third-order valence-corrected chi connectivity index (χ3v) is 6.09. The summed E-state index contributed by atoms with van der Waals surface area (Å²) in [4.78, 5) is 93.2. The lowest BCUT2D eigenvalue weighted by molar-refractivity contribution is -0.136. The van der Waals surface area contributed by atoms with Gasteiger partial charge in [-0.2, -0.15) is 0 Å². The molecule has 18 nitrogen and oxygen atoms in total. The van der Waals surface area contributed by atoms with Gasteiger partial charge in [0.2, 0.25) is 41.4 Å². The molecule has 0 unspecified atom stereocenters. The fraction of sp³-hybridized carbons (Fsp3) is 0.600. The van der Waals surface area contributed by atoms with Gasteiger partial charge in [-0.05, 0) is 19.8 Å². The first-order chi connectivity index (χ1) is 20.1. The predicted molar refractivity (Wildman–Crippen MR) is 149 cm³/mol. The van der Waals surface area contributed by atoms with Crippen molar-refractivity contribution in [3.63, 3.8) is 0 Å². The van der Waals surface area contributed by atoms with E-state index in [0.29, 0.717) is 5.69 Å². The molecule has 11 N–H and O–H groups in total. The fourth-order valence-electron chi connectivity index (χ4n) is 3.57. The molecule has 18 heteroatoms. The molecule has 0 spiro atoms. The summed E-state index contributed by atoms with van der Waals surface area (Å²) in [7, 11) is 0. The van der Waals surface area contributed by atoms with Gasteiger partial charge < -0.3 is 52.8 Å². The summed E-state index contributed by atoms with van der Waals surface area (Å²) < 4.78 is 0. The minimum Gasteiger partial charge on any atom is -0.394 e. The first-order valence-electron chi connectivity index (χ1n) is 13.4. The van der Waals surface area contributed by atoms with Crippen LogP contribution in [-0.4, -0.2) is 111 Å². The highest BCUT2D eigenvalue weighted by atomic mass is 16.3. The van der Waals surface area contributed by atoms with E-state index in [9.17, 15) is 43.8 Å². The number of imidazole rings is 1. The van der Waals surface area contributed by atoms with Crippen LogP contribution < -0.4 is 37.6 Å². The van der Waals surface area contributed by atoms with Crippen molar-refractivity contribution in [1.29, 1.82) is 0 Å². The quantitative estimate of drug-likeness (QED) is 0.0800. The van der Waals surface area contributed by atoms with Crippen LogP contribution >= 0.6 is 0 Å². The number of amides is 7. The lowest BCUT2D eigenvalue weighted by Gasteiger charge is -2.27. The number of aliphatic hydroxyl groups excluding tert-OH is 2. The maximum Gasteiger partial charge on any atom is 0.245 e. The standard InChI is InChI=1S/C25H41N9O9/c1-11(2)19(25(43)33-18(9-36)23(41)29-12(3)20(26)38)34-21(39)13(4)30-22(40)16(6-15-7-27-10-28-15)32-24(42)17(8-35)31-14(5)37/h7,10-13,16-19,35-36H,6,8-9H2,1-5H3,(H2,26,38)(H,27,28)(H,29,41)(H,30,40)(H,31,37)(H,32,42)(H,33,43)(H,34,39)/t12-,13-,16-,17-,18-,19-/m0/s1. The maximum absolute atomic E-state index is 13.1. The van der Waals surface area contributed by atoms with Gasteiger partial charge in [0, 0.05) is 25.2 Å². The number of carbonyl (C=O) groups excluding carboxylic acids is 7. The van der Waals surface area contributed by atoms with Crippen LogP contribution in [0.2, 0.25) is 0 Å². The molecule has 0 fully saturated rings. The van der Waals surface area contributed by atoms with E-state index < -0.39 is 96.7 Å².